The molecule has 1 fully saturated rings. The summed E-state index contributed by atoms with van der Waals surface area (Å²) in [7, 11) is -3.37. The highest BCUT2D eigenvalue weighted by Crippen LogP contribution is 2.28. The number of carbonyl (C=O) groups is 1. The van der Waals surface area contributed by atoms with E-state index in [4.69, 9.17) is 5.73 Å². The van der Waals surface area contributed by atoms with Gasteiger partial charge in [-0.15, -0.1) is 0 Å². The van der Waals surface area contributed by atoms with E-state index in [2.05, 4.69) is 20.6 Å². The maximum atomic E-state index is 12.8. The van der Waals surface area contributed by atoms with E-state index < -0.39 is 9.84 Å². The molecule has 1 aliphatic rings. The van der Waals surface area contributed by atoms with Gasteiger partial charge in [0.1, 0.15) is 5.69 Å². The summed E-state index contributed by atoms with van der Waals surface area (Å²) < 4.78 is 25.7. The number of carbonyl (C=O) groups excluding carboxylic acids is 1. The number of imidazole rings is 1. The number of benzene rings is 1. The molecule has 1 aliphatic heterocycles. The van der Waals surface area contributed by atoms with E-state index >= 15 is 0 Å². The van der Waals surface area contributed by atoms with E-state index in [0.717, 1.165) is 31.5 Å². The lowest BCUT2D eigenvalue weighted by atomic mass is 10.1. The number of fused-ring (bicyclic) bond motifs is 1. The predicted molar refractivity (Wildman–Crippen MR) is 114 cm³/mol. The second kappa shape index (κ2) is 7.69. The lowest BCUT2D eigenvalue weighted by Crippen LogP contribution is -2.45. The molecular weight excluding hydrogens is 404 g/mol. The van der Waals surface area contributed by atoms with Crippen LogP contribution in [0.4, 0.5) is 5.82 Å². The average Bonchev–Trinajstić information content (AvgIpc) is 3.12. The van der Waals surface area contributed by atoms with Crippen LogP contribution in [0.25, 0.3) is 16.9 Å². The molecule has 3 aromatic rings. The third-order valence-electron chi connectivity index (χ3n) is 5.30. The van der Waals surface area contributed by atoms with Gasteiger partial charge in [-0.3, -0.25) is 9.20 Å². The number of nitrogens with one attached hydrogen (secondary N) is 2. The number of hydrogen-bond donors (Lipinski definition) is 3. The zero-order chi connectivity index (χ0) is 21.5. The van der Waals surface area contributed by atoms with Crippen LogP contribution in [0.15, 0.2) is 35.5 Å². The minimum atomic E-state index is -3.37. The first kappa shape index (κ1) is 20.3. The number of piperidine rings is 1. The van der Waals surface area contributed by atoms with Crippen LogP contribution < -0.4 is 16.4 Å². The zero-order valence-corrected chi connectivity index (χ0v) is 17.7. The molecular formula is C20H24N6O3S. The summed E-state index contributed by atoms with van der Waals surface area (Å²) >= 11 is 0. The molecule has 0 saturated carbocycles. The summed E-state index contributed by atoms with van der Waals surface area (Å²) in [5.74, 6) is -0.175. The highest BCUT2D eigenvalue weighted by atomic mass is 32.2. The molecule has 0 aliphatic carbocycles. The molecule has 1 aromatic carbocycles. The molecule has 1 saturated heterocycles. The maximum absolute atomic E-state index is 12.8. The number of nitrogens with two attached hydrogens (primary N) is 1. The largest absolute Gasteiger partial charge is 0.381 e. The first-order valence-electron chi connectivity index (χ1n) is 9.70. The quantitative estimate of drug-likeness (QED) is 0.568. The van der Waals surface area contributed by atoms with Crippen molar-refractivity contribution in [1.82, 2.24) is 25.0 Å². The minimum absolute atomic E-state index is 0.0425. The Morgan fingerprint density at radius 1 is 1.37 bits per heavy atom. The van der Waals surface area contributed by atoms with Gasteiger partial charge in [-0.05, 0) is 44.0 Å². The number of sulfone groups is 1. The van der Waals surface area contributed by atoms with Gasteiger partial charge in [0.2, 0.25) is 0 Å². The number of aromatic nitrogens is 3. The summed E-state index contributed by atoms with van der Waals surface area (Å²) in [4.78, 5) is 21.5. The topological polar surface area (TPSA) is 131 Å². The fraction of sp³-hybridized carbons (Fsp3) is 0.350. The molecule has 30 heavy (non-hydrogen) atoms. The number of aryl methyl sites for hydroxylation is 1. The van der Waals surface area contributed by atoms with Crippen LogP contribution in [0.2, 0.25) is 0 Å². The zero-order valence-electron chi connectivity index (χ0n) is 16.8. The highest BCUT2D eigenvalue weighted by molar-refractivity contribution is 7.90. The van der Waals surface area contributed by atoms with Gasteiger partial charge in [0, 0.05) is 30.6 Å². The molecule has 0 radical (unpaired) electrons. The monoisotopic (exact) mass is 428 g/mol. The Morgan fingerprint density at radius 2 is 2.17 bits per heavy atom. The van der Waals surface area contributed by atoms with E-state index in [1.807, 2.05) is 6.92 Å². The molecule has 9 nitrogen and oxygen atoms in total. The minimum Gasteiger partial charge on any atom is -0.381 e. The van der Waals surface area contributed by atoms with Crippen molar-refractivity contribution in [1.29, 1.82) is 0 Å². The van der Waals surface area contributed by atoms with E-state index in [0.29, 0.717) is 16.9 Å². The fourth-order valence-electron chi connectivity index (χ4n) is 3.66. The second-order valence-corrected chi connectivity index (χ2v) is 9.63. The Balaban J connectivity index is 1.77. The van der Waals surface area contributed by atoms with Gasteiger partial charge < -0.3 is 16.4 Å². The summed E-state index contributed by atoms with van der Waals surface area (Å²) in [6.45, 7) is 3.56. The van der Waals surface area contributed by atoms with Crippen LogP contribution >= 0.6 is 0 Å². The maximum Gasteiger partial charge on any atom is 0.271 e. The predicted octanol–water partition coefficient (Wildman–Crippen LogP) is 1.17. The molecule has 1 unspecified atom stereocenters. The van der Waals surface area contributed by atoms with E-state index in [-0.39, 0.29) is 28.4 Å². The first-order chi connectivity index (χ1) is 14.2. The van der Waals surface area contributed by atoms with Crippen molar-refractivity contribution in [3.8, 4) is 11.3 Å². The number of amides is 1. The standard InChI is InChI=1S/C20H24N6O3S/c1-12-5-6-14(30(2,28)29)8-15(12)17-10-23-19-18(21)25-16(11-26(17)19)20(27)24-13-4-3-7-22-9-13/h5-6,8,10-11,13,22H,3-4,7,9H2,1-2H3,(H2,21,25)(H,24,27). The fourth-order valence-corrected chi connectivity index (χ4v) is 4.31. The lowest BCUT2D eigenvalue weighted by Gasteiger charge is -2.23. The smallest absolute Gasteiger partial charge is 0.271 e. The molecule has 4 rings (SSSR count). The van der Waals surface area contributed by atoms with Crippen molar-refractivity contribution in [2.75, 3.05) is 25.1 Å². The third-order valence-corrected chi connectivity index (χ3v) is 6.41. The van der Waals surface area contributed by atoms with Gasteiger partial charge >= 0.3 is 0 Å². The molecule has 158 valence electrons. The van der Waals surface area contributed by atoms with Gasteiger partial charge in [0.05, 0.1) is 16.8 Å². The van der Waals surface area contributed by atoms with Gasteiger partial charge in [-0.25, -0.2) is 18.4 Å². The van der Waals surface area contributed by atoms with Gasteiger partial charge in [0.15, 0.2) is 21.3 Å². The molecule has 2 aromatic heterocycles. The van der Waals surface area contributed by atoms with E-state index in [1.165, 1.54) is 6.26 Å². The van der Waals surface area contributed by atoms with Crippen molar-refractivity contribution in [3.05, 3.63) is 41.9 Å². The van der Waals surface area contributed by atoms with Crippen molar-refractivity contribution >= 4 is 27.2 Å². The van der Waals surface area contributed by atoms with Gasteiger partial charge in [-0.2, -0.15) is 0 Å². The Hall–Kier alpha value is -2.98. The van der Waals surface area contributed by atoms with Crippen LogP contribution in [-0.4, -0.2) is 54.1 Å². The summed E-state index contributed by atoms with van der Waals surface area (Å²) in [5.41, 5.74) is 8.87. The number of nitrogen functional groups attached to an aromatic ring is 1. The Kier molecular flexibility index (Phi) is 5.20. The Labute approximate surface area is 174 Å². The average molecular weight is 429 g/mol. The SMILES string of the molecule is Cc1ccc(S(C)(=O)=O)cc1-c1cnc2c(N)nc(C(=O)NC3CCCNC3)cn12. The number of nitrogens with zero attached hydrogens (tertiary/aromatic N) is 3. The molecule has 1 amide bonds. The third kappa shape index (κ3) is 3.88. The Morgan fingerprint density at radius 3 is 2.87 bits per heavy atom. The highest BCUT2D eigenvalue weighted by Gasteiger charge is 2.20. The van der Waals surface area contributed by atoms with E-state index in [1.54, 1.807) is 35.0 Å². The summed E-state index contributed by atoms with van der Waals surface area (Å²) in [6.07, 6.45) is 6.27. The van der Waals surface area contributed by atoms with Crippen molar-refractivity contribution in [2.24, 2.45) is 0 Å². The van der Waals surface area contributed by atoms with Crippen LogP contribution in [0.3, 0.4) is 0 Å². The lowest BCUT2D eigenvalue weighted by molar-refractivity contribution is 0.0925. The van der Waals surface area contributed by atoms with Crippen LogP contribution in [0, 0.1) is 6.92 Å². The molecule has 10 heteroatoms. The van der Waals surface area contributed by atoms with E-state index in [9.17, 15) is 13.2 Å². The Bertz CT molecular complexity index is 1230. The first-order valence-corrected chi connectivity index (χ1v) is 11.6. The number of hydrogen-bond acceptors (Lipinski definition) is 7. The van der Waals surface area contributed by atoms with Crippen molar-refractivity contribution < 1.29 is 13.2 Å². The van der Waals surface area contributed by atoms with Crippen LogP contribution in [0.1, 0.15) is 28.9 Å². The van der Waals surface area contributed by atoms with Gasteiger partial charge in [0.25, 0.3) is 5.91 Å². The number of rotatable bonds is 4. The molecule has 0 bridgehead atoms. The molecule has 1 atom stereocenters. The van der Waals surface area contributed by atoms with Crippen LogP contribution in [0.5, 0.6) is 0 Å². The van der Waals surface area contributed by atoms with Crippen molar-refractivity contribution in [3.63, 3.8) is 0 Å². The molecule has 3 heterocycles. The summed E-state index contributed by atoms with van der Waals surface area (Å²) in [5, 5.41) is 6.24. The summed E-state index contributed by atoms with van der Waals surface area (Å²) in [6, 6.07) is 4.97. The number of anilines is 1. The normalized spacial score (nSPS) is 17.2. The second-order valence-electron chi connectivity index (χ2n) is 7.61. The van der Waals surface area contributed by atoms with Crippen LogP contribution in [-0.2, 0) is 9.84 Å². The molecule has 4 N–H and O–H groups in total. The molecule has 0 spiro atoms. The van der Waals surface area contributed by atoms with Gasteiger partial charge in [-0.1, -0.05) is 6.07 Å². The van der Waals surface area contributed by atoms with Crippen molar-refractivity contribution in [2.45, 2.75) is 30.7 Å².